The van der Waals surface area contributed by atoms with Crippen molar-refractivity contribution in [3.63, 3.8) is 0 Å². The SMILES string of the molecule is Cc1cccc(CN2CCC(O)(c3ccc4oc(C(=O)NC[C@H]5CCCO5)cc4c3)CC2)n1. The third-order valence-corrected chi connectivity index (χ3v) is 6.81. The topological polar surface area (TPSA) is 87.8 Å². The van der Waals surface area contributed by atoms with Gasteiger partial charge in [0.15, 0.2) is 5.76 Å². The summed E-state index contributed by atoms with van der Waals surface area (Å²) < 4.78 is 11.3. The van der Waals surface area contributed by atoms with Gasteiger partial charge in [-0.25, -0.2) is 0 Å². The summed E-state index contributed by atoms with van der Waals surface area (Å²) in [6, 6.07) is 13.6. The van der Waals surface area contributed by atoms with Gasteiger partial charge in [-0.2, -0.15) is 0 Å². The molecule has 0 spiro atoms. The third kappa shape index (κ3) is 4.95. The lowest BCUT2D eigenvalue weighted by Crippen LogP contribution is -2.42. The first-order valence-electron chi connectivity index (χ1n) is 11.8. The number of aliphatic hydroxyl groups is 1. The van der Waals surface area contributed by atoms with Crippen LogP contribution in [0.2, 0.25) is 0 Å². The number of piperidine rings is 1. The summed E-state index contributed by atoms with van der Waals surface area (Å²) >= 11 is 0. The second kappa shape index (κ2) is 9.25. The number of nitrogens with zero attached hydrogens (tertiary/aromatic N) is 2. The van der Waals surface area contributed by atoms with Crippen molar-refractivity contribution >= 4 is 16.9 Å². The average molecular weight is 450 g/mol. The zero-order chi connectivity index (χ0) is 22.8. The van der Waals surface area contributed by atoms with E-state index in [0.717, 1.165) is 61.4 Å². The molecule has 1 aromatic carbocycles. The van der Waals surface area contributed by atoms with E-state index >= 15 is 0 Å². The highest BCUT2D eigenvalue weighted by molar-refractivity contribution is 5.96. The minimum atomic E-state index is -0.885. The Bertz CT molecular complexity index is 1130. The maximum absolute atomic E-state index is 12.5. The monoisotopic (exact) mass is 449 g/mol. The Morgan fingerprint density at radius 3 is 2.85 bits per heavy atom. The second-order valence-corrected chi connectivity index (χ2v) is 9.29. The van der Waals surface area contributed by atoms with Crippen LogP contribution in [0.25, 0.3) is 11.0 Å². The summed E-state index contributed by atoms with van der Waals surface area (Å²) in [6.07, 6.45) is 3.40. The normalized spacial score (nSPS) is 20.8. The van der Waals surface area contributed by atoms with Gasteiger partial charge in [-0.05, 0) is 68.5 Å². The molecule has 1 atom stereocenters. The summed E-state index contributed by atoms with van der Waals surface area (Å²) in [5, 5.41) is 15.1. The van der Waals surface area contributed by atoms with Crippen molar-refractivity contribution in [3.05, 3.63) is 65.2 Å². The van der Waals surface area contributed by atoms with E-state index in [1.807, 2.05) is 37.3 Å². The van der Waals surface area contributed by atoms with Gasteiger partial charge >= 0.3 is 0 Å². The number of aryl methyl sites for hydroxylation is 1. The Hall–Kier alpha value is -2.74. The molecule has 0 radical (unpaired) electrons. The van der Waals surface area contributed by atoms with Crippen LogP contribution < -0.4 is 5.32 Å². The summed E-state index contributed by atoms with van der Waals surface area (Å²) in [5.74, 6) is 0.0487. The molecule has 2 fully saturated rings. The molecule has 5 rings (SSSR count). The first kappa shape index (κ1) is 22.1. The Kier molecular flexibility index (Phi) is 6.19. The lowest BCUT2D eigenvalue weighted by molar-refractivity contribution is -0.0278. The molecule has 7 nitrogen and oxygen atoms in total. The highest BCUT2D eigenvalue weighted by atomic mass is 16.5. The fourth-order valence-electron chi connectivity index (χ4n) is 4.83. The number of aromatic nitrogens is 1. The largest absolute Gasteiger partial charge is 0.451 e. The van der Waals surface area contributed by atoms with E-state index in [2.05, 4.69) is 21.3 Å². The van der Waals surface area contributed by atoms with Crippen LogP contribution in [0.4, 0.5) is 0 Å². The number of carbonyl (C=O) groups is 1. The van der Waals surface area contributed by atoms with Crippen LogP contribution in [0.5, 0.6) is 0 Å². The Morgan fingerprint density at radius 2 is 2.09 bits per heavy atom. The molecular weight excluding hydrogens is 418 g/mol. The molecule has 0 saturated carbocycles. The van der Waals surface area contributed by atoms with Gasteiger partial charge in [-0.3, -0.25) is 14.7 Å². The number of amides is 1. The van der Waals surface area contributed by atoms with Gasteiger partial charge in [-0.1, -0.05) is 12.1 Å². The Morgan fingerprint density at radius 1 is 1.24 bits per heavy atom. The number of carbonyl (C=O) groups excluding carboxylic acids is 1. The van der Waals surface area contributed by atoms with Crippen LogP contribution in [-0.2, 0) is 16.9 Å². The van der Waals surface area contributed by atoms with Crippen molar-refractivity contribution in [2.24, 2.45) is 0 Å². The molecule has 1 amide bonds. The van der Waals surface area contributed by atoms with Crippen LogP contribution in [0.15, 0.2) is 46.9 Å². The first-order valence-corrected chi connectivity index (χ1v) is 11.8. The van der Waals surface area contributed by atoms with Gasteiger partial charge in [0.2, 0.25) is 0 Å². The lowest BCUT2D eigenvalue weighted by Gasteiger charge is -2.38. The first-order chi connectivity index (χ1) is 16.0. The number of pyridine rings is 1. The standard InChI is InChI=1S/C26H31N3O4/c1-18-4-2-5-21(28-18)17-29-11-9-26(31,10-12-29)20-7-8-23-19(14-20)15-24(33-23)25(30)27-16-22-6-3-13-32-22/h2,4-5,7-8,14-15,22,31H,3,6,9-13,16-17H2,1H3,(H,27,30)/t22-/m1/s1. The van der Waals surface area contributed by atoms with Crippen molar-refractivity contribution in [3.8, 4) is 0 Å². The number of rotatable bonds is 6. The summed E-state index contributed by atoms with van der Waals surface area (Å²) in [5.41, 5.74) is 2.72. The molecule has 0 bridgehead atoms. The Balaban J connectivity index is 1.23. The van der Waals surface area contributed by atoms with Crippen LogP contribution in [0, 0.1) is 6.92 Å². The Labute approximate surface area is 193 Å². The number of hydrogen-bond acceptors (Lipinski definition) is 6. The molecule has 2 N–H and O–H groups in total. The van der Waals surface area contributed by atoms with E-state index in [-0.39, 0.29) is 17.8 Å². The average Bonchev–Trinajstić information content (AvgIpc) is 3.48. The molecular formula is C26H31N3O4. The number of ether oxygens (including phenoxy) is 1. The molecule has 33 heavy (non-hydrogen) atoms. The number of furan rings is 1. The fourth-order valence-corrected chi connectivity index (χ4v) is 4.83. The van der Waals surface area contributed by atoms with Crippen LogP contribution >= 0.6 is 0 Å². The smallest absolute Gasteiger partial charge is 0.287 e. The summed E-state index contributed by atoms with van der Waals surface area (Å²) in [6.45, 7) is 5.65. The quantitative estimate of drug-likeness (QED) is 0.599. The summed E-state index contributed by atoms with van der Waals surface area (Å²) in [7, 11) is 0. The van der Waals surface area contributed by atoms with Gasteiger partial charge < -0.3 is 19.6 Å². The third-order valence-electron chi connectivity index (χ3n) is 6.81. The molecule has 2 aliphatic heterocycles. The number of likely N-dealkylation sites (tertiary alicyclic amines) is 1. The van der Waals surface area contributed by atoms with Crippen molar-refractivity contribution in [2.45, 2.75) is 50.9 Å². The van der Waals surface area contributed by atoms with E-state index in [0.29, 0.717) is 25.0 Å². The molecule has 2 saturated heterocycles. The maximum Gasteiger partial charge on any atom is 0.287 e. The van der Waals surface area contributed by atoms with E-state index < -0.39 is 5.60 Å². The van der Waals surface area contributed by atoms with Crippen molar-refractivity contribution < 1.29 is 19.1 Å². The van der Waals surface area contributed by atoms with Gasteiger partial charge in [0.1, 0.15) is 5.58 Å². The van der Waals surface area contributed by atoms with Crippen LogP contribution in [-0.4, -0.2) is 53.2 Å². The molecule has 7 heteroatoms. The molecule has 3 aromatic rings. The molecule has 2 aliphatic rings. The van der Waals surface area contributed by atoms with E-state index in [4.69, 9.17) is 9.15 Å². The van der Waals surface area contributed by atoms with Gasteiger partial charge in [0.05, 0.1) is 17.4 Å². The molecule has 0 aliphatic carbocycles. The highest BCUT2D eigenvalue weighted by Gasteiger charge is 2.34. The highest BCUT2D eigenvalue weighted by Crippen LogP contribution is 2.35. The zero-order valence-electron chi connectivity index (χ0n) is 19.0. The van der Waals surface area contributed by atoms with E-state index in [9.17, 15) is 9.90 Å². The van der Waals surface area contributed by atoms with Crippen molar-refractivity contribution in [2.75, 3.05) is 26.2 Å². The predicted octanol–water partition coefficient (Wildman–Crippen LogP) is 3.53. The number of nitrogens with one attached hydrogen (secondary N) is 1. The number of benzene rings is 1. The van der Waals surface area contributed by atoms with E-state index in [1.54, 1.807) is 6.07 Å². The van der Waals surface area contributed by atoms with Crippen molar-refractivity contribution in [1.82, 2.24) is 15.2 Å². The van der Waals surface area contributed by atoms with E-state index in [1.165, 1.54) is 0 Å². The second-order valence-electron chi connectivity index (χ2n) is 9.29. The predicted molar refractivity (Wildman–Crippen MR) is 125 cm³/mol. The number of fused-ring (bicyclic) bond motifs is 1. The van der Waals surface area contributed by atoms with Crippen molar-refractivity contribution in [1.29, 1.82) is 0 Å². The molecule has 2 aromatic heterocycles. The van der Waals surface area contributed by atoms with Crippen LogP contribution in [0.3, 0.4) is 0 Å². The minimum Gasteiger partial charge on any atom is -0.451 e. The summed E-state index contributed by atoms with van der Waals surface area (Å²) in [4.78, 5) is 19.4. The lowest BCUT2D eigenvalue weighted by atomic mass is 9.84. The zero-order valence-corrected chi connectivity index (χ0v) is 19.0. The minimum absolute atomic E-state index is 0.0896. The number of hydrogen-bond donors (Lipinski definition) is 2. The van der Waals surface area contributed by atoms with Crippen LogP contribution in [0.1, 0.15) is 53.2 Å². The van der Waals surface area contributed by atoms with Gasteiger partial charge in [-0.15, -0.1) is 0 Å². The van der Waals surface area contributed by atoms with Gasteiger partial charge in [0, 0.05) is 43.9 Å². The fraction of sp³-hybridized carbons (Fsp3) is 0.462. The van der Waals surface area contributed by atoms with Gasteiger partial charge in [0.25, 0.3) is 5.91 Å². The molecule has 4 heterocycles. The molecule has 174 valence electrons. The maximum atomic E-state index is 12.5. The molecule has 0 unspecified atom stereocenters.